The first kappa shape index (κ1) is 12.6. The number of carbonyl (C=O) groups is 1. The third kappa shape index (κ3) is 2.48. The summed E-state index contributed by atoms with van der Waals surface area (Å²) in [5, 5.41) is 0. The average molecular weight is 325 g/mol. The van der Waals surface area contributed by atoms with Crippen LogP contribution in [0.3, 0.4) is 0 Å². The summed E-state index contributed by atoms with van der Waals surface area (Å²) >= 11 is 5.16. The quantitative estimate of drug-likeness (QED) is 0.694. The van der Waals surface area contributed by atoms with Gasteiger partial charge in [0.25, 0.3) is 0 Å². The summed E-state index contributed by atoms with van der Waals surface area (Å²) in [7, 11) is 0. The Morgan fingerprint density at radius 3 is 2.67 bits per heavy atom. The second-order valence-corrected chi connectivity index (χ2v) is 7.86. The molecule has 1 atom stereocenters. The molecular weight excluding hydrogens is 308 g/mol. The molecule has 0 N–H and O–H groups in total. The average Bonchev–Trinajstić information content (AvgIpc) is 3.04. The SMILES string of the molecule is O=C1/C(=C/c2ccc(Br)s2)CC[C@@H]1C1CCCC1. The van der Waals surface area contributed by atoms with Crippen LogP contribution in [0.4, 0.5) is 0 Å². The highest BCUT2D eigenvalue weighted by molar-refractivity contribution is 9.11. The van der Waals surface area contributed by atoms with Gasteiger partial charge in [0.15, 0.2) is 5.78 Å². The van der Waals surface area contributed by atoms with E-state index in [1.165, 1.54) is 30.6 Å². The molecule has 0 spiro atoms. The lowest BCUT2D eigenvalue weighted by molar-refractivity contribution is -0.119. The smallest absolute Gasteiger partial charge is 0.162 e. The predicted molar refractivity (Wildman–Crippen MR) is 79.7 cm³/mol. The lowest BCUT2D eigenvalue weighted by Gasteiger charge is -2.15. The molecule has 3 rings (SSSR count). The Labute approximate surface area is 120 Å². The third-order valence-corrected chi connectivity index (χ3v) is 5.83. The lowest BCUT2D eigenvalue weighted by atomic mass is 9.88. The molecule has 18 heavy (non-hydrogen) atoms. The maximum absolute atomic E-state index is 12.4. The van der Waals surface area contributed by atoms with Crippen molar-refractivity contribution in [3.05, 3.63) is 26.4 Å². The van der Waals surface area contributed by atoms with Gasteiger partial charge in [0.05, 0.1) is 3.79 Å². The van der Waals surface area contributed by atoms with Gasteiger partial charge in [-0.2, -0.15) is 0 Å². The number of rotatable bonds is 2. The zero-order valence-electron chi connectivity index (χ0n) is 10.3. The Morgan fingerprint density at radius 2 is 2.00 bits per heavy atom. The molecule has 1 aromatic rings. The number of allylic oxidation sites excluding steroid dienone is 1. The highest BCUT2D eigenvalue weighted by Gasteiger charge is 2.36. The van der Waals surface area contributed by atoms with Gasteiger partial charge < -0.3 is 0 Å². The molecule has 96 valence electrons. The van der Waals surface area contributed by atoms with Crippen molar-refractivity contribution in [1.29, 1.82) is 0 Å². The highest BCUT2D eigenvalue weighted by Crippen LogP contribution is 2.41. The van der Waals surface area contributed by atoms with Crippen molar-refractivity contribution in [2.24, 2.45) is 11.8 Å². The largest absolute Gasteiger partial charge is 0.294 e. The van der Waals surface area contributed by atoms with E-state index in [-0.39, 0.29) is 0 Å². The fourth-order valence-electron chi connectivity index (χ4n) is 3.33. The van der Waals surface area contributed by atoms with Gasteiger partial charge in [-0.1, -0.05) is 12.8 Å². The summed E-state index contributed by atoms with van der Waals surface area (Å²) in [6.07, 6.45) is 9.36. The zero-order chi connectivity index (χ0) is 12.5. The molecule has 2 aliphatic rings. The number of ketones is 1. The number of carbonyl (C=O) groups excluding carboxylic acids is 1. The topological polar surface area (TPSA) is 17.1 Å². The minimum Gasteiger partial charge on any atom is -0.294 e. The van der Waals surface area contributed by atoms with Gasteiger partial charge in [-0.3, -0.25) is 4.79 Å². The monoisotopic (exact) mass is 324 g/mol. The van der Waals surface area contributed by atoms with Crippen LogP contribution in [0.15, 0.2) is 21.5 Å². The first-order chi connectivity index (χ1) is 8.74. The number of Topliss-reactive ketones (excluding diaryl/α,β-unsaturated/α-hetero) is 1. The van der Waals surface area contributed by atoms with Gasteiger partial charge in [-0.05, 0) is 71.3 Å². The molecule has 1 aromatic heterocycles. The molecule has 0 aliphatic heterocycles. The highest BCUT2D eigenvalue weighted by atomic mass is 79.9. The summed E-state index contributed by atoms with van der Waals surface area (Å²) in [6.45, 7) is 0. The van der Waals surface area contributed by atoms with E-state index in [2.05, 4.69) is 28.1 Å². The maximum atomic E-state index is 12.4. The van der Waals surface area contributed by atoms with Crippen molar-refractivity contribution in [2.45, 2.75) is 38.5 Å². The molecule has 0 bridgehead atoms. The van der Waals surface area contributed by atoms with E-state index in [0.29, 0.717) is 17.6 Å². The van der Waals surface area contributed by atoms with Crippen LogP contribution in [0.5, 0.6) is 0 Å². The van der Waals surface area contributed by atoms with Gasteiger partial charge in [-0.15, -0.1) is 11.3 Å². The van der Waals surface area contributed by atoms with Crippen LogP contribution < -0.4 is 0 Å². The van der Waals surface area contributed by atoms with Crippen LogP contribution >= 0.6 is 27.3 Å². The molecule has 2 aliphatic carbocycles. The number of hydrogen-bond donors (Lipinski definition) is 0. The molecule has 3 heteroatoms. The van der Waals surface area contributed by atoms with Gasteiger partial charge in [0, 0.05) is 10.8 Å². The van der Waals surface area contributed by atoms with Crippen LogP contribution in [0, 0.1) is 11.8 Å². The molecular formula is C15H17BrOS. The van der Waals surface area contributed by atoms with Crippen molar-refractivity contribution in [3.63, 3.8) is 0 Å². The molecule has 0 radical (unpaired) electrons. The fraction of sp³-hybridized carbons (Fsp3) is 0.533. The molecule has 0 saturated heterocycles. The van der Waals surface area contributed by atoms with Crippen molar-refractivity contribution in [3.8, 4) is 0 Å². The van der Waals surface area contributed by atoms with Crippen LogP contribution in [0.1, 0.15) is 43.4 Å². The Morgan fingerprint density at radius 1 is 1.22 bits per heavy atom. The van der Waals surface area contributed by atoms with Crippen molar-refractivity contribution in [2.75, 3.05) is 0 Å². The standard InChI is InChI=1S/C15H17BrOS/c16-14-8-6-12(18-14)9-11-5-7-13(15(11)17)10-3-1-2-4-10/h6,8-10,13H,1-5,7H2/b11-9+/t13-/m1/s1. The lowest BCUT2D eigenvalue weighted by Crippen LogP contribution is -2.16. The maximum Gasteiger partial charge on any atom is 0.162 e. The molecule has 1 nitrogen and oxygen atoms in total. The summed E-state index contributed by atoms with van der Waals surface area (Å²) < 4.78 is 1.13. The van der Waals surface area contributed by atoms with E-state index in [0.717, 1.165) is 22.2 Å². The van der Waals surface area contributed by atoms with Gasteiger partial charge in [0.1, 0.15) is 0 Å². The Balaban J connectivity index is 1.75. The number of halogens is 1. The van der Waals surface area contributed by atoms with Crippen LogP contribution in [0.25, 0.3) is 6.08 Å². The second-order valence-electron chi connectivity index (χ2n) is 5.37. The summed E-state index contributed by atoms with van der Waals surface area (Å²) in [6, 6.07) is 4.13. The predicted octanol–water partition coefficient (Wildman–Crippen LogP) is 5.06. The van der Waals surface area contributed by atoms with Crippen molar-refractivity contribution >= 4 is 39.1 Å². The van der Waals surface area contributed by atoms with E-state index in [9.17, 15) is 4.79 Å². The Kier molecular flexibility index (Phi) is 3.71. The molecule has 0 aromatic carbocycles. The second kappa shape index (κ2) is 5.30. The molecule has 2 fully saturated rings. The summed E-state index contributed by atoms with van der Waals surface area (Å²) in [5.41, 5.74) is 1.06. The van der Waals surface area contributed by atoms with Gasteiger partial charge in [0.2, 0.25) is 0 Å². The van der Waals surface area contributed by atoms with Crippen molar-refractivity contribution in [1.82, 2.24) is 0 Å². The first-order valence-corrected chi connectivity index (χ1v) is 8.35. The van der Waals surface area contributed by atoms with Crippen LogP contribution in [-0.4, -0.2) is 5.78 Å². The van der Waals surface area contributed by atoms with Crippen LogP contribution in [-0.2, 0) is 4.79 Å². The molecule has 2 saturated carbocycles. The summed E-state index contributed by atoms with van der Waals surface area (Å²) in [4.78, 5) is 13.6. The third-order valence-electron chi connectivity index (χ3n) is 4.26. The minimum absolute atomic E-state index is 0.335. The van der Waals surface area contributed by atoms with Gasteiger partial charge in [-0.25, -0.2) is 0 Å². The number of thiophene rings is 1. The van der Waals surface area contributed by atoms with E-state index >= 15 is 0 Å². The fourth-order valence-corrected chi connectivity index (χ4v) is 4.73. The number of hydrogen-bond acceptors (Lipinski definition) is 2. The van der Waals surface area contributed by atoms with E-state index in [4.69, 9.17) is 0 Å². The van der Waals surface area contributed by atoms with Crippen LogP contribution in [0.2, 0.25) is 0 Å². The normalized spacial score (nSPS) is 27.5. The summed E-state index contributed by atoms with van der Waals surface area (Å²) in [5.74, 6) is 1.45. The van der Waals surface area contributed by atoms with Crippen molar-refractivity contribution < 1.29 is 4.79 Å². The molecule has 0 amide bonds. The molecule has 1 heterocycles. The minimum atomic E-state index is 0.335. The first-order valence-electron chi connectivity index (χ1n) is 6.74. The zero-order valence-corrected chi connectivity index (χ0v) is 12.7. The Hall–Kier alpha value is -0.410. The van der Waals surface area contributed by atoms with E-state index in [1.807, 2.05) is 6.07 Å². The Bertz CT molecular complexity index is 482. The molecule has 0 unspecified atom stereocenters. The van der Waals surface area contributed by atoms with E-state index in [1.54, 1.807) is 11.3 Å². The van der Waals surface area contributed by atoms with Gasteiger partial charge >= 0.3 is 0 Å². The van der Waals surface area contributed by atoms with E-state index < -0.39 is 0 Å².